The molecule has 3 rings (SSSR count). The summed E-state index contributed by atoms with van der Waals surface area (Å²) in [5.41, 5.74) is 1.16. The van der Waals surface area contributed by atoms with Crippen LogP contribution < -0.4 is 0 Å². The van der Waals surface area contributed by atoms with E-state index in [1.54, 1.807) is 7.11 Å². The first-order valence-electron chi connectivity index (χ1n) is 5.50. The van der Waals surface area contributed by atoms with E-state index in [0.29, 0.717) is 0 Å². The molecule has 1 nitrogen and oxygen atoms in total. The van der Waals surface area contributed by atoms with E-state index in [0.717, 1.165) is 23.3 Å². The average molecular weight is 233 g/mol. The summed E-state index contributed by atoms with van der Waals surface area (Å²) in [7, 11) is 1.78. The predicted molar refractivity (Wildman–Crippen MR) is 66.9 cm³/mol. The summed E-state index contributed by atoms with van der Waals surface area (Å²) >= 11 is 6.30. The molecule has 0 aliphatic heterocycles. The summed E-state index contributed by atoms with van der Waals surface area (Å²) in [6.07, 6.45) is 2.18. The third-order valence-corrected chi connectivity index (χ3v) is 3.75. The number of methoxy groups -OCH3 is 1. The molecule has 1 saturated carbocycles. The number of hydrogen-bond donors (Lipinski definition) is 0. The molecule has 0 unspecified atom stereocenters. The van der Waals surface area contributed by atoms with Crippen molar-refractivity contribution in [2.75, 3.05) is 7.11 Å². The SMILES string of the molecule is COC1(c2cccc3cccc(Cl)c23)CC1. The van der Waals surface area contributed by atoms with Gasteiger partial charge in [0.2, 0.25) is 0 Å². The minimum atomic E-state index is -0.0789. The molecule has 16 heavy (non-hydrogen) atoms. The molecule has 0 bridgehead atoms. The Balaban J connectivity index is 2.33. The number of halogens is 1. The van der Waals surface area contributed by atoms with Crippen LogP contribution in [0.15, 0.2) is 36.4 Å². The second-order valence-corrected chi connectivity index (χ2v) is 4.75. The first-order chi connectivity index (χ1) is 7.77. The minimum Gasteiger partial charge on any atom is -0.374 e. The van der Waals surface area contributed by atoms with Crippen LogP contribution >= 0.6 is 11.6 Å². The zero-order chi connectivity index (χ0) is 11.2. The molecule has 1 aliphatic carbocycles. The van der Waals surface area contributed by atoms with Crippen LogP contribution in [0.4, 0.5) is 0 Å². The van der Waals surface area contributed by atoms with Crippen LogP contribution in [0.1, 0.15) is 18.4 Å². The van der Waals surface area contributed by atoms with Gasteiger partial charge in [-0.15, -0.1) is 0 Å². The van der Waals surface area contributed by atoms with E-state index < -0.39 is 0 Å². The number of ether oxygens (including phenoxy) is 1. The first kappa shape index (κ1) is 10.1. The highest BCUT2D eigenvalue weighted by Gasteiger charge is 2.45. The molecule has 82 valence electrons. The smallest absolute Gasteiger partial charge is 0.0936 e. The van der Waals surface area contributed by atoms with Gasteiger partial charge >= 0.3 is 0 Å². The molecule has 0 spiro atoms. The summed E-state index contributed by atoms with van der Waals surface area (Å²) in [5, 5.41) is 3.15. The van der Waals surface area contributed by atoms with E-state index in [1.807, 2.05) is 12.1 Å². The maximum atomic E-state index is 6.30. The number of hydrogen-bond acceptors (Lipinski definition) is 1. The normalized spacial score (nSPS) is 17.6. The van der Waals surface area contributed by atoms with Gasteiger partial charge in [0, 0.05) is 17.5 Å². The molecule has 2 aromatic carbocycles. The van der Waals surface area contributed by atoms with E-state index in [9.17, 15) is 0 Å². The Kier molecular flexibility index (Phi) is 2.20. The van der Waals surface area contributed by atoms with E-state index in [2.05, 4.69) is 24.3 Å². The third kappa shape index (κ3) is 1.35. The van der Waals surface area contributed by atoms with Crippen LogP contribution in [-0.4, -0.2) is 7.11 Å². The molecule has 2 aromatic rings. The van der Waals surface area contributed by atoms with E-state index >= 15 is 0 Å². The van der Waals surface area contributed by atoms with Crippen LogP contribution in [-0.2, 0) is 10.3 Å². The zero-order valence-corrected chi connectivity index (χ0v) is 9.92. The van der Waals surface area contributed by atoms with E-state index in [4.69, 9.17) is 16.3 Å². The Hall–Kier alpha value is -1.05. The second kappa shape index (κ2) is 3.47. The van der Waals surface area contributed by atoms with Crippen LogP contribution in [0.25, 0.3) is 10.8 Å². The molecule has 0 radical (unpaired) electrons. The summed E-state index contributed by atoms with van der Waals surface area (Å²) < 4.78 is 5.64. The molecule has 1 aliphatic rings. The third-order valence-electron chi connectivity index (χ3n) is 3.44. The lowest BCUT2D eigenvalue weighted by atomic mass is 9.99. The van der Waals surface area contributed by atoms with Crippen molar-refractivity contribution in [3.05, 3.63) is 47.0 Å². The van der Waals surface area contributed by atoms with Crippen molar-refractivity contribution in [2.24, 2.45) is 0 Å². The molecule has 0 saturated heterocycles. The number of fused-ring (bicyclic) bond motifs is 1. The fourth-order valence-electron chi connectivity index (χ4n) is 2.37. The molecule has 0 atom stereocenters. The first-order valence-corrected chi connectivity index (χ1v) is 5.87. The van der Waals surface area contributed by atoms with Gasteiger partial charge in [0.1, 0.15) is 0 Å². The summed E-state index contributed by atoms with van der Waals surface area (Å²) in [4.78, 5) is 0. The Morgan fingerprint density at radius 2 is 1.81 bits per heavy atom. The Morgan fingerprint density at radius 3 is 2.44 bits per heavy atom. The van der Waals surface area contributed by atoms with Gasteiger partial charge in [-0.1, -0.05) is 41.9 Å². The topological polar surface area (TPSA) is 9.23 Å². The van der Waals surface area contributed by atoms with Crippen LogP contribution in [0.5, 0.6) is 0 Å². The molecule has 0 aromatic heterocycles. The van der Waals surface area contributed by atoms with Crippen molar-refractivity contribution < 1.29 is 4.74 Å². The van der Waals surface area contributed by atoms with Gasteiger partial charge in [-0.2, -0.15) is 0 Å². The lowest BCUT2D eigenvalue weighted by Gasteiger charge is -2.17. The molecule has 0 N–H and O–H groups in total. The lowest BCUT2D eigenvalue weighted by Crippen LogP contribution is -2.09. The van der Waals surface area contributed by atoms with E-state index in [-0.39, 0.29) is 5.60 Å². The number of rotatable bonds is 2. The van der Waals surface area contributed by atoms with Gasteiger partial charge in [0.15, 0.2) is 0 Å². The predicted octanol–water partition coefficient (Wildman–Crippen LogP) is 4.13. The van der Waals surface area contributed by atoms with Crippen LogP contribution in [0.3, 0.4) is 0 Å². The maximum Gasteiger partial charge on any atom is 0.0936 e. The quantitative estimate of drug-likeness (QED) is 0.757. The zero-order valence-electron chi connectivity index (χ0n) is 9.16. The summed E-state index contributed by atoms with van der Waals surface area (Å²) in [5.74, 6) is 0. The van der Waals surface area contributed by atoms with Crippen LogP contribution in [0, 0.1) is 0 Å². The molecular formula is C14H13ClO. The molecule has 0 heterocycles. The summed E-state index contributed by atoms with van der Waals surface area (Å²) in [6, 6.07) is 12.3. The van der Waals surface area contributed by atoms with Gasteiger partial charge in [-0.05, 0) is 29.9 Å². The van der Waals surface area contributed by atoms with Gasteiger partial charge in [-0.25, -0.2) is 0 Å². The highest BCUT2D eigenvalue weighted by atomic mass is 35.5. The fourth-order valence-corrected chi connectivity index (χ4v) is 2.66. The Morgan fingerprint density at radius 1 is 1.12 bits per heavy atom. The lowest BCUT2D eigenvalue weighted by molar-refractivity contribution is 0.0802. The molecular weight excluding hydrogens is 220 g/mol. The van der Waals surface area contributed by atoms with Gasteiger partial charge in [0.25, 0.3) is 0 Å². The fraction of sp³-hybridized carbons (Fsp3) is 0.286. The highest BCUT2D eigenvalue weighted by Crippen LogP contribution is 2.51. The summed E-state index contributed by atoms with van der Waals surface area (Å²) in [6.45, 7) is 0. The highest BCUT2D eigenvalue weighted by molar-refractivity contribution is 6.35. The van der Waals surface area contributed by atoms with Crippen molar-refractivity contribution in [1.82, 2.24) is 0 Å². The van der Waals surface area contributed by atoms with Crippen molar-refractivity contribution in [2.45, 2.75) is 18.4 Å². The van der Waals surface area contributed by atoms with Gasteiger partial charge in [0.05, 0.1) is 5.60 Å². The largest absolute Gasteiger partial charge is 0.374 e. The maximum absolute atomic E-state index is 6.30. The van der Waals surface area contributed by atoms with Gasteiger partial charge in [-0.3, -0.25) is 0 Å². The number of benzene rings is 2. The van der Waals surface area contributed by atoms with E-state index in [1.165, 1.54) is 10.9 Å². The van der Waals surface area contributed by atoms with Crippen LogP contribution in [0.2, 0.25) is 5.02 Å². The Labute approximate surface area is 100.0 Å². The minimum absolute atomic E-state index is 0.0789. The van der Waals surface area contributed by atoms with Crippen molar-refractivity contribution in [3.8, 4) is 0 Å². The second-order valence-electron chi connectivity index (χ2n) is 4.34. The molecule has 2 heteroatoms. The Bertz CT molecular complexity index is 538. The van der Waals surface area contributed by atoms with Crippen molar-refractivity contribution >= 4 is 22.4 Å². The molecule has 1 fully saturated rings. The van der Waals surface area contributed by atoms with Crippen molar-refractivity contribution in [1.29, 1.82) is 0 Å². The standard InChI is InChI=1S/C14H13ClO/c1-16-14(8-9-14)11-6-2-4-10-5-3-7-12(15)13(10)11/h2-7H,8-9H2,1H3. The van der Waals surface area contributed by atoms with Gasteiger partial charge < -0.3 is 4.74 Å². The monoisotopic (exact) mass is 232 g/mol. The molecule has 0 amide bonds. The average Bonchev–Trinajstić information content (AvgIpc) is 3.10. The van der Waals surface area contributed by atoms with Crippen molar-refractivity contribution in [3.63, 3.8) is 0 Å².